The molecule has 238 valence electrons. The van der Waals surface area contributed by atoms with Crippen molar-refractivity contribution in [2.45, 2.75) is 59.3 Å². The van der Waals surface area contributed by atoms with Gasteiger partial charge in [-0.2, -0.15) is 0 Å². The van der Waals surface area contributed by atoms with Gasteiger partial charge in [-0.3, -0.25) is 0 Å². The molecule has 0 amide bonds. The zero-order valence-electron chi connectivity index (χ0n) is 27.7. The van der Waals surface area contributed by atoms with Gasteiger partial charge in [0.15, 0.2) is 0 Å². The molecule has 4 aromatic rings. The quantitative estimate of drug-likeness (QED) is 0.117. The monoisotopic (exact) mass is 801 g/mol. The summed E-state index contributed by atoms with van der Waals surface area (Å²) in [5.41, 5.74) is 5.74. The Morgan fingerprint density at radius 1 is 0.413 bits per heavy atom. The van der Waals surface area contributed by atoms with Crippen molar-refractivity contribution in [1.29, 1.82) is 0 Å². The van der Waals surface area contributed by atoms with Crippen molar-refractivity contribution >= 4 is 7.92 Å². The van der Waals surface area contributed by atoms with Crippen LogP contribution in [0, 0.1) is 48.4 Å². The first kappa shape index (κ1) is 40.3. The van der Waals surface area contributed by atoms with Crippen molar-refractivity contribution in [1.82, 2.24) is 0 Å². The zero-order valence-corrected chi connectivity index (χ0v) is 30.8. The maximum atomic E-state index is 5.28. The molecule has 0 heterocycles. The molecule has 0 unspecified atom stereocenters. The molecular formula is C44H47PPt. The second kappa shape index (κ2) is 26.5. The average molecular weight is 802 g/mol. The van der Waals surface area contributed by atoms with Crippen molar-refractivity contribution in [2.75, 3.05) is 18.5 Å². The van der Waals surface area contributed by atoms with E-state index in [-0.39, 0.29) is 21.1 Å². The minimum Gasteiger partial charge on any atom is -0.115 e. The Morgan fingerprint density at radius 3 is 0.935 bits per heavy atom. The molecule has 0 atom stereocenters. The van der Waals surface area contributed by atoms with Crippen LogP contribution < -0.4 is 0 Å². The van der Waals surface area contributed by atoms with Gasteiger partial charge < -0.3 is 0 Å². The van der Waals surface area contributed by atoms with Gasteiger partial charge in [-0.15, -0.1) is 20.8 Å². The van der Waals surface area contributed by atoms with E-state index in [1.54, 1.807) is 18.5 Å². The molecule has 0 aromatic heterocycles. The van der Waals surface area contributed by atoms with Gasteiger partial charge in [0.25, 0.3) is 0 Å². The molecule has 0 bridgehead atoms. The third-order valence-corrected chi connectivity index (χ3v) is 9.68. The van der Waals surface area contributed by atoms with E-state index in [0.29, 0.717) is 7.92 Å². The third-order valence-electron chi connectivity index (χ3n) is 6.84. The molecular weight excluding hydrogens is 755 g/mol. The van der Waals surface area contributed by atoms with Crippen LogP contribution in [-0.2, 0) is 21.1 Å². The van der Waals surface area contributed by atoms with Crippen LogP contribution in [0.2, 0.25) is 0 Å². The number of terminal acetylenes is 2. The molecule has 46 heavy (non-hydrogen) atoms. The summed E-state index contributed by atoms with van der Waals surface area (Å²) in [7, 11) is 0.422. The standard InChI is InChI=1S/2C16H10.C12H27P.Pt/c2*1-2-14-8-10-16(11-9-14)13-12-15-6-4-3-5-7-15;1-4-7-10-13(11-8-5-2)12-9-6-3;/h2*1,3-11H;4-12H2,1-3H3;. The van der Waals surface area contributed by atoms with Crippen LogP contribution in [-0.4, -0.2) is 18.5 Å². The summed E-state index contributed by atoms with van der Waals surface area (Å²) in [6.07, 6.45) is 23.8. The number of hydrogen-bond donors (Lipinski definition) is 0. The minimum absolute atomic E-state index is 0. The van der Waals surface area contributed by atoms with Gasteiger partial charge in [0.1, 0.15) is 0 Å². The van der Waals surface area contributed by atoms with Gasteiger partial charge in [-0.25, -0.2) is 0 Å². The van der Waals surface area contributed by atoms with Gasteiger partial charge in [0.2, 0.25) is 0 Å². The van der Waals surface area contributed by atoms with Gasteiger partial charge in [0.05, 0.1) is 0 Å². The Morgan fingerprint density at radius 2 is 0.674 bits per heavy atom. The number of hydrogen-bond acceptors (Lipinski definition) is 0. The molecule has 0 saturated heterocycles. The van der Waals surface area contributed by atoms with Crippen LogP contribution >= 0.6 is 7.92 Å². The summed E-state index contributed by atoms with van der Waals surface area (Å²) >= 11 is 0. The molecule has 0 fully saturated rings. The van der Waals surface area contributed by atoms with Crippen molar-refractivity contribution in [3.8, 4) is 48.4 Å². The van der Waals surface area contributed by atoms with E-state index in [2.05, 4.69) is 56.3 Å². The van der Waals surface area contributed by atoms with Crippen molar-refractivity contribution in [2.24, 2.45) is 0 Å². The molecule has 0 saturated carbocycles. The van der Waals surface area contributed by atoms with E-state index in [4.69, 9.17) is 12.8 Å². The Bertz CT molecular complexity index is 1420. The zero-order chi connectivity index (χ0) is 32.4. The SMILES string of the molecule is C#Cc1ccc(C#Cc2ccccc2)cc1.C#Cc1ccc(C#Cc2ccccc2)cc1.CCCCP(CCCC)CCCC.[Pt]. The maximum Gasteiger partial charge on any atom is 0.0249 e. The molecule has 0 aliphatic heterocycles. The van der Waals surface area contributed by atoms with Crippen LogP contribution in [0.25, 0.3) is 0 Å². The number of benzene rings is 4. The van der Waals surface area contributed by atoms with Gasteiger partial charge in [-0.05, 0) is 111 Å². The Kier molecular flexibility index (Phi) is 23.2. The minimum atomic E-state index is 0. The second-order valence-corrected chi connectivity index (χ2v) is 13.3. The first-order valence-corrected chi connectivity index (χ1v) is 18.0. The largest absolute Gasteiger partial charge is 0.115 e. The van der Waals surface area contributed by atoms with Crippen molar-refractivity contribution in [3.05, 3.63) is 143 Å². The van der Waals surface area contributed by atoms with E-state index in [1.165, 1.54) is 38.5 Å². The van der Waals surface area contributed by atoms with E-state index in [1.807, 2.05) is 109 Å². The molecule has 0 spiro atoms. The number of rotatable bonds is 9. The maximum absolute atomic E-state index is 5.28. The summed E-state index contributed by atoms with van der Waals surface area (Å²) in [6, 6.07) is 35.2. The van der Waals surface area contributed by atoms with Crippen LogP contribution in [0.4, 0.5) is 0 Å². The number of unbranched alkanes of at least 4 members (excludes halogenated alkanes) is 3. The predicted molar refractivity (Wildman–Crippen MR) is 200 cm³/mol. The Hall–Kier alpha value is -3.76. The normalized spacial score (nSPS) is 9.17. The molecule has 0 aliphatic carbocycles. The van der Waals surface area contributed by atoms with Gasteiger partial charge >= 0.3 is 0 Å². The van der Waals surface area contributed by atoms with E-state index in [0.717, 1.165) is 33.4 Å². The predicted octanol–water partition coefficient (Wildman–Crippen LogP) is 11.0. The summed E-state index contributed by atoms with van der Waals surface area (Å²) in [4.78, 5) is 0. The smallest absolute Gasteiger partial charge is 0.0249 e. The Labute approximate surface area is 296 Å². The van der Waals surface area contributed by atoms with Crippen molar-refractivity contribution in [3.63, 3.8) is 0 Å². The molecule has 0 radical (unpaired) electrons. The molecule has 4 aromatic carbocycles. The third kappa shape index (κ3) is 18.3. The first-order valence-electron chi connectivity index (χ1n) is 16.1. The fourth-order valence-electron chi connectivity index (χ4n) is 4.11. The average Bonchev–Trinajstić information content (AvgIpc) is 3.11. The van der Waals surface area contributed by atoms with Crippen molar-refractivity contribution < 1.29 is 21.1 Å². The van der Waals surface area contributed by atoms with Crippen LogP contribution in [0.1, 0.15) is 92.7 Å². The summed E-state index contributed by atoms with van der Waals surface area (Å²) in [5.74, 6) is 17.5. The molecule has 0 aliphatic rings. The summed E-state index contributed by atoms with van der Waals surface area (Å²) in [5, 5.41) is 0. The molecule has 2 heteroatoms. The van der Waals surface area contributed by atoms with E-state index in [9.17, 15) is 0 Å². The van der Waals surface area contributed by atoms with E-state index >= 15 is 0 Å². The molecule has 4 rings (SSSR count). The van der Waals surface area contributed by atoms with E-state index < -0.39 is 0 Å². The van der Waals surface area contributed by atoms with Gasteiger partial charge in [-0.1, -0.05) is 112 Å². The first-order chi connectivity index (χ1) is 22.1. The molecule has 0 nitrogen and oxygen atoms in total. The summed E-state index contributed by atoms with van der Waals surface area (Å²) in [6.45, 7) is 6.94. The molecule has 0 N–H and O–H groups in total. The fourth-order valence-corrected chi connectivity index (χ4v) is 7.07. The Balaban J connectivity index is 0.000000344. The second-order valence-electron chi connectivity index (χ2n) is 10.6. The summed E-state index contributed by atoms with van der Waals surface area (Å²) < 4.78 is 0. The topological polar surface area (TPSA) is 0 Å². The van der Waals surface area contributed by atoms with Crippen LogP contribution in [0.5, 0.6) is 0 Å². The van der Waals surface area contributed by atoms with Gasteiger partial charge in [0, 0.05) is 54.4 Å². The van der Waals surface area contributed by atoms with Crippen LogP contribution in [0.3, 0.4) is 0 Å². The fraction of sp³-hybridized carbons (Fsp3) is 0.273. The van der Waals surface area contributed by atoms with Crippen LogP contribution in [0.15, 0.2) is 109 Å².